The topological polar surface area (TPSA) is 12.0 Å². The zero-order chi connectivity index (χ0) is 14.0. The van der Waals surface area contributed by atoms with Gasteiger partial charge in [-0.3, -0.25) is 0 Å². The molecule has 0 spiro atoms. The van der Waals surface area contributed by atoms with Crippen LogP contribution in [0.1, 0.15) is 5.56 Å². The van der Waals surface area contributed by atoms with Crippen LogP contribution in [0.15, 0.2) is 39.3 Å². The van der Waals surface area contributed by atoms with Gasteiger partial charge < -0.3 is 5.32 Å². The van der Waals surface area contributed by atoms with Crippen molar-refractivity contribution in [3.8, 4) is 0 Å². The molecule has 0 aliphatic rings. The molecular weight excluding hydrogens is 403 g/mol. The van der Waals surface area contributed by atoms with Crippen LogP contribution in [0, 0.1) is 11.6 Å². The van der Waals surface area contributed by atoms with Crippen molar-refractivity contribution in [1.29, 1.82) is 0 Å². The first-order valence-corrected chi connectivity index (χ1v) is 7.26. The molecule has 0 aliphatic carbocycles. The van der Waals surface area contributed by atoms with Crippen LogP contribution in [0.3, 0.4) is 0 Å². The first-order valence-electron chi connectivity index (χ1n) is 5.29. The van der Waals surface area contributed by atoms with Gasteiger partial charge in [0.25, 0.3) is 0 Å². The normalized spacial score (nSPS) is 10.6. The van der Waals surface area contributed by atoms with Crippen LogP contribution in [0.2, 0.25) is 5.02 Å². The summed E-state index contributed by atoms with van der Waals surface area (Å²) in [6.07, 6.45) is 0. The van der Waals surface area contributed by atoms with Crippen LogP contribution in [0.25, 0.3) is 0 Å². The summed E-state index contributed by atoms with van der Waals surface area (Å²) < 4.78 is 28.4. The van der Waals surface area contributed by atoms with Gasteiger partial charge in [0.1, 0.15) is 17.3 Å². The van der Waals surface area contributed by atoms with E-state index in [1.807, 2.05) is 0 Å². The van der Waals surface area contributed by atoms with Crippen molar-refractivity contribution < 1.29 is 8.78 Å². The molecule has 0 radical (unpaired) electrons. The molecule has 2 rings (SSSR count). The lowest BCUT2D eigenvalue weighted by Gasteiger charge is -2.10. The van der Waals surface area contributed by atoms with E-state index in [0.717, 1.165) is 10.0 Å². The molecule has 0 aromatic heterocycles. The highest BCUT2D eigenvalue weighted by atomic mass is 79.9. The summed E-state index contributed by atoms with van der Waals surface area (Å²) in [4.78, 5) is 0. The third kappa shape index (κ3) is 3.68. The van der Waals surface area contributed by atoms with Gasteiger partial charge in [0, 0.05) is 20.5 Å². The minimum atomic E-state index is -0.655. The average molecular weight is 411 g/mol. The summed E-state index contributed by atoms with van der Waals surface area (Å²) in [5.41, 5.74) is 0.581. The van der Waals surface area contributed by atoms with Gasteiger partial charge in [0.15, 0.2) is 0 Å². The smallest absolute Gasteiger partial charge is 0.150 e. The number of nitrogens with one attached hydrogen (secondary N) is 1. The Hall–Kier alpha value is -0.650. The molecule has 0 heterocycles. The maximum Gasteiger partial charge on any atom is 0.150 e. The van der Waals surface area contributed by atoms with Crippen LogP contribution in [-0.4, -0.2) is 0 Å². The van der Waals surface area contributed by atoms with Crippen LogP contribution >= 0.6 is 43.5 Å². The summed E-state index contributed by atoms with van der Waals surface area (Å²) in [5.74, 6) is -1.31. The highest BCUT2D eigenvalue weighted by Gasteiger charge is 2.11. The predicted molar refractivity (Wildman–Crippen MR) is 80.5 cm³/mol. The van der Waals surface area contributed by atoms with E-state index in [1.165, 1.54) is 12.1 Å². The maximum atomic E-state index is 13.6. The highest BCUT2D eigenvalue weighted by molar-refractivity contribution is 9.10. The summed E-state index contributed by atoms with van der Waals surface area (Å²) >= 11 is 12.4. The second kappa shape index (κ2) is 6.20. The molecule has 19 heavy (non-hydrogen) atoms. The molecule has 0 saturated carbocycles. The zero-order valence-electron chi connectivity index (χ0n) is 9.48. The summed E-state index contributed by atoms with van der Waals surface area (Å²) in [5, 5.41) is 3.25. The lowest BCUT2D eigenvalue weighted by molar-refractivity contribution is 0.586. The molecule has 0 amide bonds. The third-order valence-corrected chi connectivity index (χ3v) is 3.79. The Kier molecular flexibility index (Phi) is 4.81. The third-order valence-electron chi connectivity index (χ3n) is 2.47. The largest absolute Gasteiger partial charge is 0.376 e. The number of halogens is 5. The molecular formula is C13H8Br2ClF2N. The molecule has 2 aromatic carbocycles. The van der Waals surface area contributed by atoms with Gasteiger partial charge in [-0.1, -0.05) is 43.5 Å². The van der Waals surface area contributed by atoms with E-state index in [-0.39, 0.29) is 12.2 Å². The molecule has 0 unspecified atom stereocenters. The number of hydrogen-bond acceptors (Lipinski definition) is 1. The van der Waals surface area contributed by atoms with Crippen molar-refractivity contribution in [2.45, 2.75) is 6.54 Å². The molecule has 100 valence electrons. The summed E-state index contributed by atoms with van der Waals surface area (Å²) in [6.45, 7) is 0.230. The highest BCUT2D eigenvalue weighted by Crippen LogP contribution is 2.26. The molecule has 2 aromatic rings. The minimum Gasteiger partial charge on any atom is -0.376 e. The van der Waals surface area contributed by atoms with Gasteiger partial charge in [0.2, 0.25) is 0 Å². The Balaban J connectivity index is 2.21. The molecule has 1 nitrogen and oxygen atoms in total. The Bertz CT molecular complexity index is 597. The molecule has 0 aliphatic heterocycles. The van der Waals surface area contributed by atoms with Crippen molar-refractivity contribution in [3.63, 3.8) is 0 Å². The SMILES string of the molecule is Fc1cc(Br)cc(F)c1NCc1cc(Br)ccc1Cl. The van der Waals surface area contributed by atoms with Crippen molar-refractivity contribution in [3.05, 3.63) is 61.5 Å². The monoisotopic (exact) mass is 409 g/mol. The van der Waals surface area contributed by atoms with Crippen LogP contribution in [0.5, 0.6) is 0 Å². The van der Waals surface area contributed by atoms with Crippen LogP contribution in [-0.2, 0) is 6.54 Å². The molecule has 0 fully saturated rings. The number of hydrogen-bond donors (Lipinski definition) is 1. The Morgan fingerprint density at radius 3 is 2.26 bits per heavy atom. The Morgan fingerprint density at radius 2 is 1.63 bits per heavy atom. The summed E-state index contributed by atoms with van der Waals surface area (Å²) in [6, 6.07) is 7.72. The number of benzene rings is 2. The summed E-state index contributed by atoms with van der Waals surface area (Å²) in [7, 11) is 0. The van der Waals surface area contributed by atoms with Gasteiger partial charge in [-0.15, -0.1) is 0 Å². The Morgan fingerprint density at radius 1 is 1.00 bits per heavy atom. The van der Waals surface area contributed by atoms with Gasteiger partial charge in [0.05, 0.1) is 0 Å². The minimum absolute atomic E-state index is 0.167. The fourth-order valence-electron chi connectivity index (χ4n) is 1.57. The van der Waals surface area contributed by atoms with E-state index < -0.39 is 11.6 Å². The lowest BCUT2D eigenvalue weighted by atomic mass is 10.2. The fourth-order valence-corrected chi connectivity index (χ4v) is 2.57. The van der Waals surface area contributed by atoms with E-state index in [1.54, 1.807) is 18.2 Å². The van der Waals surface area contributed by atoms with Crippen molar-refractivity contribution >= 4 is 49.1 Å². The number of rotatable bonds is 3. The van der Waals surface area contributed by atoms with Crippen LogP contribution in [0.4, 0.5) is 14.5 Å². The van der Waals surface area contributed by atoms with Gasteiger partial charge in [-0.05, 0) is 35.9 Å². The fraction of sp³-hybridized carbons (Fsp3) is 0.0769. The van der Waals surface area contributed by atoms with Gasteiger partial charge in [-0.25, -0.2) is 8.78 Å². The molecule has 1 N–H and O–H groups in total. The van der Waals surface area contributed by atoms with E-state index in [4.69, 9.17) is 11.6 Å². The van der Waals surface area contributed by atoms with Crippen molar-refractivity contribution in [2.24, 2.45) is 0 Å². The van der Waals surface area contributed by atoms with Crippen LogP contribution < -0.4 is 5.32 Å². The van der Waals surface area contributed by atoms with Gasteiger partial charge in [-0.2, -0.15) is 0 Å². The first kappa shape index (κ1) is 14.8. The first-order chi connectivity index (χ1) is 8.97. The molecule has 0 bridgehead atoms. The van der Waals surface area contributed by atoms with Crippen molar-refractivity contribution in [2.75, 3.05) is 5.32 Å². The van der Waals surface area contributed by atoms with Crippen molar-refractivity contribution in [1.82, 2.24) is 0 Å². The van der Waals surface area contributed by atoms with Gasteiger partial charge >= 0.3 is 0 Å². The molecule has 6 heteroatoms. The molecule has 0 atom stereocenters. The quantitative estimate of drug-likeness (QED) is 0.678. The number of anilines is 1. The van der Waals surface area contributed by atoms with E-state index in [9.17, 15) is 8.78 Å². The Labute approximate surface area is 131 Å². The van der Waals surface area contributed by atoms with E-state index in [2.05, 4.69) is 37.2 Å². The zero-order valence-corrected chi connectivity index (χ0v) is 13.4. The maximum absolute atomic E-state index is 13.6. The molecule has 0 saturated heterocycles. The van der Waals surface area contributed by atoms with E-state index in [0.29, 0.717) is 9.50 Å². The second-order valence-electron chi connectivity index (χ2n) is 3.83. The standard InChI is InChI=1S/C13H8Br2ClF2N/c14-8-1-2-10(16)7(3-8)6-19-13-11(17)4-9(15)5-12(13)18/h1-5,19H,6H2. The lowest BCUT2D eigenvalue weighted by Crippen LogP contribution is -2.04. The predicted octanol–water partition coefficient (Wildman–Crippen LogP) is 5.76. The second-order valence-corrected chi connectivity index (χ2v) is 6.07. The van der Waals surface area contributed by atoms with E-state index >= 15 is 0 Å². The average Bonchev–Trinajstić information content (AvgIpc) is 2.32.